The molecule has 4 nitrogen and oxygen atoms in total. The molecule has 0 radical (unpaired) electrons. The fourth-order valence-corrected chi connectivity index (χ4v) is 2.26. The van der Waals surface area contributed by atoms with Crippen LogP contribution < -0.4 is 9.47 Å². The van der Waals surface area contributed by atoms with E-state index in [-0.39, 0.29) is 23.8 Å². The van der Waals surface area contributed by atoms with Crippen molar-refractivity contribution < 1.29 is 23.4 Å². The van der Waals surface area contributed by atoms with Gasteiger partial charge in [0.2, 0.25) is 6.10 Å². The fourth-order valence-electron chi connectivity index (χ4n) is 2.04. The van der Waals surface area contributed by atoms with Crippen molar-refractivity contribution in [2.75, 3.05) is 6.61 Å². The van der Waals surface area contributed by atoms with Crippen LogP contribution in [0.2, 0.25) is 5.02 Å². The van der Waals surface area contributed by atoms with Crippen molar-refractivity contribution in [2.45, 2.75) is 12.7 Å². The van der Waals surface area contributed by atoms with Crippen LogP contribution in [0.15, 0.2) is 42.5 Å². The van der Waals surface area contributed by atoms with Gasteiger partial charge in [0.25, 0.3) is 0 Å². The molecule has 0 N–H and O–H groups in total. The van der Waals surface area contributed by atoms with Crippen molar-refractivity contribution in [2.24, 2.45) is 0 Å². The van der Waals surface area contributed by atoms with E-state index in [0.29, 0.717) is 11.5 Å². The molecule has 0 aromatic heterocycles. The lowest BCUT2D eigenvalue weighted by molar-refractivity contribution is -0.155. The lowest BCUT2D eigenvalue weighted by atomic mass is 10.2. The van der Waals surface area contributed by atoms with Crippen LogP contribution in [0.25, 0.3) is 0 Å². The molecule has 0 aliphatic carbocycles. The molecule has 1 atom stereocenters. The number of hydrogen-bond donors (Lipinski definition) is 0. The Morgan fingerprint density at radius 2 is 2.00 bits per heavy atom. The van der Waals surface area contributed by atoms with Crippen molar-refractivity contribution in [1.29, 1.82) is 0 Å². The second-order valence-corrected chi connectivity index (χ2v) is 5.08. The van der Waals surface area contributed by atoms with Crippen molar-refractivity contribution in [3.05, 3.63) is 58.9 Å². The summed E-state index contributed by atoms with van der Waals surface area (Å²) in [6.45, 7) is -0.216. The zero-order valence-corrected chi connectivity index (χ0v) is 12.2. The quantitative estimate of drug-likeness (QED) is 0.813. The Labute approximate surface area is 131 Å². The molecule has 0 amide bonds. The second kappa shape index (κ2) is 6.23. The van der Waals surface area contributed by atoms with Crippen molar-refractivity contribution >= 4 is 17.6 Å². The first kappa shape index (κ1) is 14.7. The van der Waals surface area contributed by atoms with E-state index in [4.69, 9.17) is 25.8 Å². The van der Waals surface area contributed by atoms with Gasteiger partial charge in [-0.2, -0.15) is 0 Å². The van der Waals surface area contributed by atoms with Gasteiger partial charge in [0.15, 0.2) is 11.5 Å². The van der Waals surface area contributed by atoms with Crippen LogP contribution in [-0.4, -0.2) is 18.7 Å². The first-order valence-electron chi connectivity index (χ1n) is 6.63. The highest BCUT2D eigenvalue weighted by atomic mass is 35.5. The SMILES string of the molecule is O=C(OCc1c(F)cccc1Cl)C1COc2ccccc2O1. The number of rotatable bonds is 3. The maximum atomic E-state index is 13.6. The van der Waals surface area contributed by atoms with Gasteiger partial charge in [-0.25, -0.2) is 9.18 Å². The number of benzene rings is 2. The summed E-state index contributed by atoms with van der Waals surface area (Å²) in [5.41, 5.74) is 0.134. The molecule has 1 heterocycles. The van der Waals surface area contributed by atoms with E-state index in [9.17, 15) is 9.18 Å². The zero-order valence-electron chi connectivity index (χ0n) is 11.4. The van der Waals surface area contributed by atoms with E-state index >= 15 is 0 Å². The summed E-state index contributed by atoms with van der Waals surface area (Å²) >= 11 is 5.88. The second-order valence-electron chi connectivity index (χ2n) is 4.67. The summed E-state index contributed by atoms with van der Waals surface area (Å²) in [4.78, 5) is 12.0. The maximum absolute atomic E-state index is 13.6. The Balaban J connectivity index is 1.64. The summed E-state index contributed by atoms with van der Waals surface area (Å²) in [5.74, 6) is -0.108. The molecule has 22 heavy (non-hydrogen) atoms. The number of carbonyl (C=O) groups excluding carboxylic acids is 1. The first-order valence-corrected chi connectivity index (χ1v) is 7.01. The average molecular weight is 323 g/mol. The third kappa shape index (κ3) is 2.99. The Hall–Kier alpha value is -2.27. The maximum Gasteiger partial charge on any atom is 0.351 e. The Bertz CT molecular complexity index is 684. The number of halogens is 2. The van der Waals surface area contributed by atoms with Gasteiger partial charge >= 0.3 is 5.97 Å². The highest BCUT2D eigenvalue weighted by Crippen LogP contribution is 2.31. The fraction of sp³-hybridized carbons (Fsp3) is 0.188. The van der Waals surface area contributed by atoms with E-state index in [2.05, 4.69) is 0 Å². The Morgan fingerprint density at radius 3 is 2.77 bits per heavy atom. The highest BCUT2D eigenvalue weighted by Gasteiger charge is 2.29. The molecular formula is C16H12ClFO4. The minimum Gasteiger partial charge on any atom is -0.485 e. The number of fused-ring (bicyclic) bond motifs is 1. The molecule has 114 valence electrons. The largest absolute Gasteiger partial charge is 0.485 e. The number of hydrogen-bond acceptors (Lipinski definition) is 4. The number of para-hydroxylation sites is 2. The van der Waals surface area contributed by atoms with Crippen molar-refractivity contribution in [3.63, 3.8) is 0 Å². The van der Waals surface area contributed by atoms with E-state index < -0.39 is 17.9 Å². The summed E-state index contributed by atoms with van der Waals surface area (Å²) in [6.07, 6.45) is -0.888. The molecule has 0 spiro atoms. The molecular weight excluding hydrogens is 311 g/mol. The van der Waals surface area contributed by atoms with E-state index in [1.165, 1.54) is 18.2 Å². The third-order valence-corrected chi connectivity index (χ3v) is 3.55. The number of esters is 1. The van der Waals surface area contributed by atoms with Gasteiger partial charge in [-0.15, -0.1) is 0 Å². The molecule has 2 aromatic rings. The first-order chi connectivity index (χ1) is 10.6. The van der Waals surface area contributed by atoms with E-state index in [1.54, 1.807) is 24.3 Å². The standard InChI is InChI=1S/C16H12ClFO4/c17-11-4-3-5-12(18)10(11)8-21-16(19)15-9-20-13-6-1-2-7-14(13)22-15/h1-7,15H,8-9H2. The van der Waals surface area contributed by atoms with Gasteiger partial charge in [0.1, 0.15) is 19.0 Å². The molecule has 0 bridgehead atoms. The molecule has 2 aromatic carbocycles. The van der Waals surface area contributed by atoms with Crippen LogP contribution in [0.3, 0.4) is 0 Å². The summed E-state index contributed by atoms with van der Waals surface area (Å²) in [6, 6.07) is 11.3. The van der Waals surface area contributed by atoms with Crippen LogP contribution in [-0.2, 0) is 16.1 Å². The molecule has 0 saturated carbocycles. The topological polar surface area (TPSA) is 44.8 Å². The minimum atomic E-state index is -0.888. The molecule has 1 aliphatic rings. The molecule has 0 fully saturated rings. The third-order valence-electron chi connectivity index (χ3n) is 3.19. The Kier molecular flexibility index (Phi) is 4.15. The number of ether oxygens (including phenoxy) is 3. The van der Waals surface area contributed by atoms with Gasteiger partial charge in [0.05, 0.1) is 5.02 Å². The van der Waals surface area contributed by atoms with Crippen LogP contribution in [0, 0.1) is 5.82 Å². The normalized spacial score (nSPS) is 16.2. The lowest BCUT2D eigenvalue weighted by Gasteiger charge is -2.25. The van der Waals surface area contributed by atoms with Gasteiger partial charge in [0, 0.05) is 5.56 Å². The van der Waals surface area contributed by atoms with E-state index in [0.717, 1.165) is 0 Å². The van der Waals surface area contributed by atoms with Crippen LogP contribution in [0.1, 0.15) is 5.56 Å². The summed E-state index contributed by atoms with van der Waals surface area (Å²) < 4.78 is 29.6. The zero-order chi connectivity index (χ0) is 15.5. The average Bonchev–Trinajstić information content (AvgIpc) is 2.53. The van der Waals surface area contributed by atoms with E-state index in [1.807, 2.05) is 0 Å². The minimum absolute atomic E-state index is 0.0425. The van der Waals surface area contributed by atoms with Crippen molar-refractivity contribution in [3.8, 4) is 11.5 Å². The number of carbonyl (C=O) groups is 1. The monoisotopic (exact) mass is 322 g/mol. The van der Waals surface area contributed by atoms with Crippen LogP contribution >= 0.6 is 11.6 Å². The summed E-state index contributed by atoms with van der Waals surface area (Å²) in [7, 11) is 0. The van der Waals surface area contributed by atoms with Crippen molar-refractivity contribution in [1.82, 2.24) is 0 Å². The highest BCUT2D eigenvalue weighted by molar-refractivity contribution is 6.31. The smallest absolute Gasteiger partial charge is 0.351 e. The molecule has 0 saturated heterocycles. The van der Waals surface area contributed by atoms with Gasteiger partial charge in [-0.05, 0) is 24.3 Å². The predicted octanol–water partition coefficient (Wildman–Crippen LogP) is 3.36. The molecule has 6 heteroatoms. The summed E-state index contributed by atoms with van der Waals surface area (Å²) in [5, 5.41) is 0.207. The lowest BCUT2D eigenvalue weighted by Crippen LogP contribution is -2.37. The molecule has 1 unspecified atom stereocenters. The van der Waals surface area contributed by atoms with Gasteiger partial charge in [-0.1, -0.05) is 29.8 Å². The Morgan fingerprint density at radius 1 is 1.23 bits per heavy atom. The molecule has 3 rings (SSSR count). The van der Waals surface area contributed by atoms with Crippen LogP contribution in [0.5, 0.6) is 11.5 Å². The predicted molar refractivity (Wildman–Crippen MR) is 77.6 cm³/mol. The molecule has 1 aliphatic heterocycles. The van der Waals surface area contributed by atoms with Crippen LogP contribution in [0.4, 0.5) is 4.39 Å². The van der Waals surface area contributed by atoms with Gasteiger partial charge < -0.3 is 14.2 Å². The van der Waals surface area contributed by atoms with Gasteiger partial charge in [-0.3, -0.25) is 0 Å².